The average molecular weight is 397 g/mol. The summed E-state index contributed by atoms with van der Waals surface area (Å²) in [6.45, 7) is 0. The summed E-state index contributed by atoms with van der Waals surface area (Å²) in [5.41, 5.74) is -5.00. The molecule has 2 rings (SSSR count). The number of alkyl halides is 3. The number of halogens is 5. The van der Waals surface area contributed by atoms with Gasteiger partial charge in [-0.05, 0) is 12.1 Å². The Hall–Kier alpha value is -2.66. The van der Waals surface area contributed by atoms with E-state index in [4.69, 9.17) is 23.2 Å². The average Bonchev–Trinajstić information content (AvgIpc) is 2.47. The fourth-order valence-electron chi connectivity index (χ4n) is 1.85. The molecule has 0 saturated heterocycles. The first kappa shape index (κ1) is 18.7. The Morgan fingerprint density at radius 3 is 2.20 bits per heavy atom. The normalized spacial score (nSPS) is 11.2. The number of nitrogens with zero attached hydrogens (tertiary/aromatic N) is 3. The van der Waals surface area contributed by atoms with E-state index in [0.29, 0.717) is 0 Å². The van der Waals surface area contributed by atoms with E-state index in [1.807, 2.05) is 0 Å². The van der Waals surface area contributed by atoms with Gasteiger partial charge in [0.15, 0.2) is 5.69 Å². The van der Waals surface area contributed by atoms with E-state index in [2.05, 4.69) is 10.3 Å². The van der Waals surface area contributed by atoms with Gasteiger partial charge in [-0.25, -0.2) is 4.98 Å². The summed E-state index contributed by atoms with van der Waals surface area (Å²) in [4.78, 5) is 23.6. The predicted octanol–water partition coefficient (Wildman–Crippen LogP) is 4.97. The molecular weight excluding hydrogens is 392 g/mol. The van der Waals surface area contributed by atoms with Gasteiger partial charge in [0.1, 0.15) is 10.8 Å². The molecule has 0 bridgehead atoms. The first-order valence-electron chi connectivity index (χ1n) is 6.13. The number of nitro benzene ring substituents is 2. The van der Waals surface area contributed by atoms with Crippen LogP contribution in [-0.2, 0) is 6.18 Å². The molecule has 8 nitrogen and oxygen atoms in total. The molecule has 0 spiro atoms. The van der Waals surface area contributed by atoms with Crippen molar-refractivity contribution in [1.82, 2.24) is 4.98 Å². The molecule has 0 radical (unpaired) electrons. The Kier molecular flexibility index (Phi) is 4.99. The molecule has 0 aliphatic rings. The molecule has 0 amide bonds. The number of pyridine rings is 1. The topological polar surface area (TPSA) is 111 Å². The summed E-state index contributed by atoms with van der Waals surface area (Å²) in [7, 11) is 0. The van der Waals surface area contributed by atoms with E-state index < -0.39 is 43.7 Å². The van der Waals surface area contributed by atoms with E-state index in [1.165, 1.54) is 12.1 Å². The third-order valence-electron chi connectivity index (χ3n) is 2.88. The lowest BCUT2D eigenvalue weighted by Gasteiger charge is -2.13. The zero-order chi connectivity index (χ0) is 18.9. The van der Waals surface area contributed by atoms with Gasteiger partial charge in [-0.15, -0.1) is 0 Å². The third-order valence-corrected chi connectivity index (χ3v) is 3.49. The van der Waals surface area contributed by atoms with Gasteiger partial charge in [-0.1, -0.05) is 23.2 Å². The fourth-order valence-corrected chi connectivity index (χ4v) is 2.29. The highest BCUT2D eigenvalue weighted by atomic mass is 35.5. The number of hydrogen-bond donors (Lipinski definition) is 1. The molecule has 1 N–H and O–H groups in total. The summed E-state index contributed by atoms with van der Waals surface area (Å²) in [5.74, 6) is -0.119. The first-order valence-corrected chi connectivity index (χ1v) is 6.89. The Bertz CT molecular complexity index is 859. The Morgan fingerprint density at radius 2 is 1.76 bits per heavy atom. The molecule has 0 saturated carbocycles. The van der Waals surface area contributed by atoms with Gasteiger partial charge in [0.05, 0.1) is 20.4 Å². The van der Waals surface area contributed by atoms with Crippen LogP contribution in [0.3, 0.4) is 0 Å². The number of hydrogen-bond acceptors (Lipinski definition) is 6. The third kappa shape index (κ3) is 3.88. The van der Waals surface area contributed by atoms with E-state index in [0.717, 1.165) is 6.20 Å². The monoisotopic (exact) mass is 396 g/mol. The quantitative estimate of drug-likeness (QED) is 0.576. The summed E-state index contributed by atoms with van der Waals surface area (Å²) >= 11 is 11.1. The molecule has 13 heteroatoms. The van der Waals surface area contributed by atoms with E-state index in [1.54, 1.807) is 0 Å². The van der Waals surface area contributed by atoms with Crippen molar-refractivity contribution in [2.75, 3.05) is 5.32 Å². The van der Waals surface area contributed by atoms with Gasteiger partial charge in [0, 0.05) is 12.3 Å². The first-order chi connectivity index (χ1) is 11.5. The molecular formula is C12H5Cl2F3N4O4. The minimum atomic E-state index is -5.12. The van der Waals surface area contributed by atoms with Crippen LogP contribution in [0.5, 0.6) is 0 Å². The second-order valence-corrected chi connectivity index (χ2v) is 5.29. The van der Waals surface area contributed by atoms with Crippen LogP contribution < -0.4 is 5.32 Å². The van der Waals surface area contributed by atoms with Gasteiger partial charge in [0.25, 0.3) is 0 Å². The van der Waals surface area contributed by atoms with Crippen molar-refractivity contribution in [2.24, 2.45) is 0 Å². The summed E-state index contributed by atoms with van der Waals surface area (Å²) < 4.78 is 38.9. The molecule has 1 heterocycles. The van der Waals surface area contributed by atoms with Gasteiger partial charge >= 0.3 is 17.6 Å². The van der Waals surface area contributed by atoms with Crippen LogP contribution in [0.2, 0.25) is 10.0 Å². The van der Waals surface area contributed by atoms with E-state index >= 15 is 0 Å². The molecule has 0 atom stereocenters. The molecule has 0 fully saturated rings. The van der Waals surface area contributed by atoms with Gasteiger partial charge in [0.2, 0.25) is 0 Å². The summed E-state index contributed by atoms with van der Waals surface area (Å²) in [5, 5.41) is 23.5. The molecule has 25 heavy (non-hydrogen) atoms. The van der Waals surface area contributed by atoms with Crippen molar-refractivity contribution >= 4 is 46.1 Å². The smallest absolute Gasteiger partial charge is 0.329 e. The molecule has 132 valence electrons. The number of nitro groups is 2. The standard InChI is InChI=1S/C12H5Cl2F3N4O4/c13-5-1-2-8(18-4-5)19-10-7(20(22)23)3-6(12(15,16)17)9(14)11(10)21(24)25/h1-4H,(H,18,19). The van der Waals surface area contributed by atoms with Crippen LogP contribution in [0.25, 0.3) is 0 Å². The highest BCUT2D eigenvalue weighted by Gasteiger charge is 2.42. The zero-order valence-corrected chi connectivity index (χ0v) is 13.2. The zero-order valence-electron chi connectivity index (χ0n) is 11.7. The van der Waals surface area contributed by atoms with Crippen LogP contribution in [-0.4, -0.2) is 14.8 Å². The van der Waals surface area contributed by atoms with Gasteiger partial charge in [-0.2, -0.15) is 13.2 Å². The molecule has 0 aliphatic carbocycles. The van der Waals surface area contributed by atoms with E-state index in [-0.39, 0.29) is 16.9 Å². The van der Waals surface area contributed by atoms with Crippen molar-refractivity contribution in [3.05, 3.63) is 60.2 Å². The van der Waals surface area contributed by atoms with Crippen LogP contribution in [0.1, 0.15) is 5.56 Å². The number of rotatable bonds is 4. The fraction of sp³-hybridized carbons (Fsp3) is 0.0833. The second kappa shape index (κ2) is 6.69. The van der Waals surface area contributed by atoms with Crippen LogP contribution in [0.15, 0.2) is 24.4 Å². The molecule has 0 aliphatic heterocycles. The lowest BCUT2D eigenvalue weighted by atomic mass is 10.1. The van der Waals surface area contributed by atoms with Gasteiger partial charge in [-0.3, -0.25) is 20.2 Å². The highest BCUT2D eigenvalue weighted by Crippen LogP contribution is 2.48. The van der Waals surface area contributed by atoms with Crippen molar-refractivity contribution in [3.8, 4) is 0 Å². The van der Waals surface area contributed by atoms with Crippen LogP contribution in [0.4, 0.5) is 36.1 Å². The lowest BCUT2D eigenvalue weighted by Crippen LogP contribution is -2.11. The number of anilines is 2. The Labute approximate surface area is 146 Å². The minimum absolute atomic E-state index is 0.119. The Balaban J connectivity index is 2.76. The van der Waals surface area contributed by atoms with Crippen LogP contribution in [0, 0.1) is 20.2 Å². The molecule has 0 unspecified atom stereocenters. The predicted molar refractivity (Wildman–Crippen MR) is 82.3 cm³/mol. The van der Waals surface area contributed by atoms with E-state index in [9.17, 15) is 33.4 Å². The number of benzene rings is 1. The molecule has 1 aromatic carbocycles. The highest BCUT2D eigenvalue weighted by molar-refractivity contribution is 6.34. The van der Waals surface area contributed by atoms with Crippen molar-refractivity contribution in [2.45, 2.75) is 6.18 Å². The largest absolute Gasteiger partial charge is 0.418 e. The lowest BCUT2D eigenvalue weighted by molar-refractivity contribution is -0.392. The maximum absolute atomic E-state index is 13.0. The number of nitrogens with one attached hydrogen (secondary N) is 1. The van der Waals surface area contributed by atoms with Crippen molar-refractivity contribution in [1.29, 1.82) is 0 Å². The molecule has 1 aromatic heterocycles. The maximum atomic E-state index is 13.0. The second-order valence-electron chi connectivity index (χ2n) is 4.48. The van der Waals surface area contributed by atoms with Crippen LogP contribution >= 0.6 is 23.2 Å². The number of aromatic nitrogens is 1. The van der Waals surface area contributed by atoms with Crippen molar-refractivity contribution < 1.29 is 23.0 Å². The minimum Gasteiger partial charge on any atom is -0.329 e. The SMILES string of the molecule is O=[N+]([O-])c1cc(C(F)(F)F)c(Cl)c([N+](=O)[O-])c1Nc1ccc(Cl)cn1. The maximum Gasteiger partial charge on any atom is 0.418 e. The summed E-state index contributed by atoms with van der Waals surface area (Å²) in [6.07, 6.45) is -3.99. The Morgan fingerprint density at radius 1 is 1.12 bits per heavy atom. The van der Waals surface area contributed by atoms with Crippen molar-refractivity contribution in [3.63, 3.8) is 0 Å². The van der Waals surface area contributed by atoms with Gasteiger partial charge < -0.3 is 5.32 Å². The molecule has 2 aromatic rings. The summed E-state index contributed by atoms with van der Waals surface area (Å²) in [6, 6.07) is 2.66.